The van der Waals surface area contributed by atoms with E-state index in [1.165, 1.54) is 0 Å². The van der Waals surface area contributed by atoms with Gasteiger partial charge in [-0.1, -0.05) is 39.1 Å². The number of anilines is 1. The topological polar surface area (TPSA) is 54.7 Å². The molecule has 6 heteroatoms. The summed E-state index contributed by atoms with van der Waals surface area (Å²) in [6.07, 6.45) is 0. The van der Waals surface area contributed by atoms with Crippen molar-refractivity contribution >= 4 is 55.9 Å². The summed E-state index contributed by atoms with van der Waals surface area (Å²) in [5, 5.41) is 0.973. The second-order valence-corrected chi connectivity index (χ2v) is 5.83. The lowest BCUT2D eigenvalue weighted by atomic mass is 10.2. The molecule has 0 bridgehead atoms. The fourth-order valence-corrected chi connectivity index (χ4v) is 2.55. The van der Waals surface area contributed by atoms with Gasteiger partial charge in [0.2, 0.25) is 0 Å². The maximum Gasteiger partial charge on any atom is 0.140 e. The number of rotatable bonds is 1. The van der Waals surface area contributed by atoms with Gasteiger partial charge in [-0.25, -0.2) is 4.98 Å². The van der Waals surface area contributed by atoms with Gasteiger partial charge in [0, 0.05) is 15.7 Å². The lowest BCUT2D eigenvalue weighted by molar-refractivity contribution is 1.33. The molecule has 0 atom stereocenters. The van der Waals surface area contributed by atoms with Crippen LogP contribution in [0.15, 0.2) is 34.8 Å². The van der Waals surface area contributed by atoms with Crippen molar-refractivity contribution in [2.75, 3.05) is 5.73 Å². The lowest BCUT2D eigenvalue weighted by Gasteiger charge is -2.02. The van der Waals surface area contributed by atoms with Gasteiger partial charge in [-0.3, -0.25) is 0 Å². The first-order valence-corrected chi connectivity index (χ1v) is 6.99. The molecule has 0 amide bonds. The molecule has 0 saturated heterocycles. The predicted octanol–water partition coefficient (Wildman–Crippen LogP) is 4.88. The Balaban J connectivity index is 2.23. The molecular formula is C13H8BrCl2N3. The molecule has 96 valence electrons. The molecule has 0 aliphatic carbocycles. The number of aromatic amines is 1. The van der Waals surface area contributed by atoms with Crippen molar-refractivity contribution in [1.82, 2.24) is 9.97 Å². The summed E-state index contributed by atoms with van der Waals surface area (Å²) in [7, 11) is 0. The van der Waals surface area contributed by atoms with Gasteiger partial charge in [0.1, 0.15) is 5.82 Å². The van der Waals surface area contributed by atoms with E-state index in [-0.39, 0.29) is 0 Å². The second-order valence-electron chi connectivity index (χ2n) is 4.10. The number of aromatic nitrogens is 2. The quantitative estimate of drug-likeness (QED) is 0.610. The van der Waals surface area contributed by atoms with E-state index in [4.69, 9.17) is 28.9 Å². The third-order valence-electron chi connectivity index (χ3n) is 2.79. The van der Waals surface area contributed by atoms with Gasteiger partial charge in [0.25, 0.3) is 0 Å². The summed E-state index contributed by atoms with van der Waals surface area (Å²) in [6.45, 7) is 0. The average molecular weight is 357 g/mol. The number of halogens is 3. The van der Waals surface area contributed by atoms with Crippen molar-refractivity contribution in [3.8, 4) is 11.4 Å². The van der Waals surface area contributed by atoms with E-state index in [2.05, 4.69) is 25.9 Å². The van der Waals surface area contributed by atoms with Gasteiger partial charge >= 0.3 is 0 Å². The van der Waals surface area contributed by atoms with Crippen LogP contribution in [-0.2, 0) is 0 Å². The van der Waals surface area contributed by atoms with Crippen LogP contribution in [0.25, 0.3) is 22.4 Å². The van der Waals surface area contributed by atoms with Crippen LogP contribution in [0, 0.1) is 0 Å². The number of hydrogen-bond acceptors (Lipinski definition) is 2. The minimum atomic E-state index is 0.481. The van der Waals surface area contributed by atoms with Crippen LogP contribution in [0.2, 0.25) is 10.0 Å². The Bertz CT molecular complexity index is 744. The maximum atomic E-state index is 5.99. The summed E-state index contributed by atoms with van der Waals surface area (Å²) in [5.41, 5.74) is 9.03. The van der Waals surface area contributed by atoms with Crippen LogP contribution >= 0.6 is 39.1 Å². The number of nitrogens with two attached hydrogens (primary N) is 1. The number of nitrogens with zero attached hydrogens (tertiary/aromatic N) is 1. The molecular weight excluding hydrogens is 349 g/mol. The number of H-pyrrole nitrogens is 1. The third kappa shape index (κ3) is 2.31. The van der Waals surface area contributed by atoms with Crippen molar-refractivity contribution in [2.45, 2.75) is 0 Å². The smallest absolute Gasteiger partial charge is 0.140 e. The standard InChI is InChI=1S/C13H8BrCl2N3/c14-6-1-2-10(17)7(3-6)13-18-11-4-8(15)9(16)5-12(11)19-13/h1-5H,17H2,(H,18,19). The highest BCUT2D eigenvalue weighted by Gasteiger charge is 2.10. The van der Waals surface area contributed by atoms with E-state index in [1.54, 1.807) is 12.1 Å². The van der Waals surface area contributed by atoms with Crippen LogP contribution < -0.4 is 5.73 Å². The van der Waals surface area contributed by atoms with Crippen LogP contribution in [0.1, 0.15) is 0 Å². The molecule has 1 aromatic heterocycles. The zero-order chi connectivity index (χ0) is 13.6. The SMILES string of the molecule is Nc1ccc(Br)cc1-c1nc2cc(Cl)c(Cl)cc2[nH]1. The molecule has 0 aliphatic heterocycles. The third-order valence-corrected chi connectivity index (χ3v) is 4.01. The molecule has 0 unspecified atom stereocenters. The van der Waals surface area contributed by atoms with E-state index in [1.807, 2.05) is 18.2 Å². The Morgan fingerprint density at radius 2 is 1.84 bits per heavy atom. The van der Waals surface area contributed by atoms with Crippen LogP contribution in [0.4, 0.5) is 5.69 Å². The first-order valence-electron chi connectivity index (χ1n) is 5.45. The fourth-order valence-electron chi connectivity index (χ4n) is 1.87. The molecule has 0 saturated carbocycles. The Labute approximate surface area is 127 Å². The molecule has 1 heterocycles. The van der Waals surface area contributed by atoms with Crippen molar-refractivity contribution in [3.05, 3.63) is 44.8 Å². The summed E-state index contributed by atoms with van der Waals surface area (Å²) in [4.78, 5) is 7.68. The maximum absolute atomic E-state index is 5.99. The van der Waals surface area contributed by atoms with Crippen molar-refractivity contribution in [2.24, 2.45) is 0 Å². The van der Waals surface area contributed by atoms with Crippen molar-refractivity contribution in [3.63, 3.8) is 0 Å². The molecule has 0 radical (unpaired) electrons. The minimum absolute atomic E-state index is 0.481. The molecule has 3 aromatic rings. The average Bonchev–Trinajstić information content (AvgIpc) is 2.75. The van der Waals surface area contributed by atoms with Crippen molar-refractivity contribution < 1.29 is 0 Å². The van der Waals surface area contributed by atoms with E-state index in [0.717, 1.165) is 21.1 Å². The Morgan fingerprint density at radius 3 is 2.63 bits per heavy atom. The zero-order valence-electron chi connectivity index (χ0n) is 9.55. The number of hydrogen-bond donors (Lipinski definition) is 2. The number of imidazole rings is 1. The molecule has 0 fully saturated rings. The summed E-state index contributed by atoms with van der Waals surface area (Å²) < 4.78 is 0.938. The van der Waals surface area contributed by atoms with Gasteiger partial charge in [-0.15, -0.1) is 0 Å². The van der Waals surface area contributed by atoms with Crippen LogP contribution in [0.5, 0.6) is 0 Å². The summed E-state index contributed by atoms with van der Waals surface area (Å²) >= 11 is 15.4. The number of benzene rings is 2. The van der Waals surface area contributed by atoms with E-state index >= 15 is 0 Å². The lowest BCUT2D eigenvalue weighted by Crippen LogP contribution is -1.91. The Morgan fingerprint density at radius 1 is 1.11 bits per heavy atom. The van der Waals surface area contributed by atoms with Gasteiger partial charge in [0.15, 0.2) is 0 Å². The molecule has 0 aliphatic rings. The monoisotopic (exact) mass is 355 g/mol. The van der Waals surface area contributed by atoms with Gasteiger partial charge in [0.05, 0.1) is 21.1 Å². The number of nitrogens with one attached hydrogen (secondary N) is 1. The van der Waals surface area contributed by atoms with Crippen LogP contribution in [0.3, 0.4) is 0 Å². The number of fused-ring (bicyclic) bond motifs is 1. The Hall–Kier alpha value is -1.23. The first-order chi connectivity index (χ1) is 9.04. The first kappa shape index (κ1) is 12.8. The van der Waals surface area contributed by atoms with Crippen LogP contribution in [-0.4, -0.2) is 9.97 Å². The highest BCUT2D eigenvalue weighted by molar-refractivity contribution is 9.10. The van der Waals surface area contributed by atoms with E-state index < -0.39 is 0 Å². The number of nitrogen functional groups attached to an aromatic ring is 1. The summed E-state index contributed by atoms with van der Waals surface area (Å²) in [5.74, 6) is 0.687. The molecule has 3 rings (SSSR count). The molecule has 2 aromatic carbocycles. The zero-order valence-corrected chi connectivity index (χ0v) is 12.6. The molecule has 3 nitrogen and oxygen atoms in total. The second kappa shape index (κ2) is 4.71. The van der Waals surface area contributed by atoms with E-state index in [0.29, 0.717) is 21.6 Å². The van der Waals surface area contributed by atoms with Gasteiger partial charge < -0.3 is 10.7 Å². The molecule has 3 N–H and O–H groups in total. The largest absolute Gasteiger partial charge is 0.398 e. The van der Waals surface area contributed by atoms with Gasteiger partial charge in [-0.05, 0) is 30.3 Å². The highest BCUT2D eigenvalue weighted by atomic mass is 79.9. The molecule has 0 spiro atoms. The molecule has 19 heavy (non-hydrogen) atoms. The summed E-state index contributed by atoms with van der Waals surface area (Å²) in [6, 6.07) is 9.11. The minimum Gasteiger partial charge on any atom is -0.398 e. The highest BCUT2D eigenvalue weighted by Crippen LogP contribution is 2.31. The fraction of sp³-hybridized carbons (Fsp3) is 0. The van der Waals surface area contributed by atoms with Gasteiger partial charge in [-0.2, -0.15) is 0 Å². The normalized spacial score (nSPS) is 11.1. The van der Waals surface area contributed by atoms with Crippen molar-refractivity contribution in [1.29, 1.82) is 0 Å². The predicted molar refractivity (Wildman–Crippen MR) is 83.7 cm³/mol. The van der Waals surface area contributed by atoms with E-state index in [9.17, 15) is 0 Å². The Kier molecular flexibility index (Phi) is 3.17.